The number of rotatable bonds is 5. The summed E-state index contributed by atoms with van der Waals surface area (Å²) in [6.45, 7) is 4.50. The van der Waals surface area contributed by atoms with Gasteiger partial charge in [0.25, 0.3) is 5.91 Å². The fourth-order valence-corrected chi connectivity index (χ4v) is 2.54. The molecule has 0 bridgehead atoms. The lowest BCUT2D eigenvalue weighted by atomic mass is 10.2. The number of nitrogens with zero attached hydrogens (tertiary/aromatic N) is 1. The molecule has 96 valence electrons. The van der Waals surface area contributed by atoms with E-state index in [-0.39, 0.29) is 19.1 Å². The molecule has 0 aliphatic rings. The van der Waals surface area contributed by atoms with Gasteiger partial charge >= 0.3 is 0 Å². The Morgan fingerprint density at radius 1 is 1.59 bits per heavy atom. The largest absolute Gasteiger partial charge is 0.389 e. The number of hydrogen-bond donors (Lipinski definition) is 1. The van der Waals surface area contributed by atoms with Gasteiger partial charge in [-0.3, -0.25) is 4.79 Å². The van der Waals surface area contributed by atoms with Crippen LogP contribution >= 0.6 is 11.3 Å². The summed E-state index contributed by atoms with van der Waals surface area (Å²) in [6.07, 6.45) is -0.642. The SMILES string of the molecule is COCC(O)CN(C)C(=O)c1cc(C)c(C)s1. The number of ether oxygens (including phenoxy) is 1. The van der Waals surface area contributed by atoms with E-state index in [1.54, 1.807) is 7.05 Å². The minimum Gasteiger partial charge on any atom is -0.389 e. The molecule has 1 atom stereocenters. The second kappa shape index (κ2) is 6.14. The van der Waals surface area contributed by atoms with Crippen LogP contribution in [0.5, 0.6) is 0 Å². The molecule has 0 aromatic carbocycles. The van der Waals surface area contributed by atoms with Crippen molar-refractivity contribution in [3.8, 4) is 0 Å². The van der Waals surface area contributed by atoms with Crippen molar-refractivity contribution in [1.82, 2.24) is 4.90 Å². The predicted octanol–water partition coefficient (Wildman–Crippen LogP) is 1.44. The lowest BCUT2D eigenvalue weighted by molar-refractivity contribution is 0.0382. The van der Waals surface area contributed by atoms with Crippen molar-refractivity contribution in [1.29, 1.82) is 0 Å². The van der Waals surface area contributed by atoms with Gasteiger partial charge in [0.1, 0.15) is 0 Å². The third-order valence-electron chi connectivity index (χ3n) is 2.57. The van der Waals surface area contributed by atoms with Crippen LogP contribution in [0.3, 0.4) is 0 Å². The van der Waals surface area contributed by atoms with Crippen LogP contribution in [0.1, 0.15) is 20.1 Å². The van der Waals surface area contributed by atoms with Crippen molar-refractivity contribution in [2.45, 2.75) is 20.0 Å². The summed E-state index contributed by atoms with van der Waals surface area (Å²) < 4.78 is 4.83. The highest BCUT2D eigenvalue weighted by molar-refractivity contribution is 7.14. The number of likely N-dealkylation sites (N-methyl/N-ethyl adjacent to an activating group) is 1. The highest BCUT2D eigenvalue weighted by atomic mass is 32.1. The van der Waals surface area contributed by atoms with Gasteiger partial charge in [0, 0.05) is 25.6 Å². The first-order chi connectivity index (χ1) is 7.95. The van der Waals surface area contributed by atoms with Crippen molar-refractivity contribution in [3.05, 3.63) is 21.4 Å². The van der Waals surface area contributed by atoms with E-state index in [0.29, 0.717) is 4.88 Å². The average molecular weight is 257 g/mol. The minimum atomic E-state index is -0.642. The quantitative estimate of drug-likeness (QED) is 0.868. The fourth-order valence-electron chi connectivity index (χ4n) is 1.51. The highest BCUT2D eigenvalue weighted by Gasteiger charge is 2.17. The lowest BCUT2D eigenvalue weighted by Gasteiger charge is -2.19. The fraction of sp³-hybridized carbons (Fsp3) is 0.583. The van der Waals surface area contributed by atoms with E-state index in [1.807, 2.05) is 19.9 Å². The number of thiophene rings is 1. The summed E-state index contributed by atoms with van der Waals surface area (Å²) in [5.74, 6) is -0.0543. The van der Waals surface area contributed by atoms with Crippen LogP contribution in [0.15, 0.2) is 6.07 Å². The molecule has 1 N–H and O–H groups in total. The molecule has 17 heavy (non-hydrogen) atoms. The van der Waals surface area contributed by atoms with E-state index in [1.165, 1.54) is 23.3 Å². The number of amides is 1. The van der Waals surface area contributed by atoms with Gasteiger partial charge < -0.3 is 14.7 Å². The zero-order valence-electron chi connectivity index (χ0n) is 10.7. The number of aryl methyl sites for hydroxylation is 2. The summed E-state index contributed by atoms with van der Waals surface area (Å²) in [7, 11) is 3.21. The molecule has 5 heteroatoms. The van der Waals surface area contributed by atoms with Crippen LogP contribution in [0.2, 0.25) is 0 Å². The maximum atomic E-state index is 12.0. The summed E-state index contributed by atoms with van der Waals surface area (Å²) in [5, 5.41) is 9.56. The molecule has 0 aliphatic heterocycles. The van der Waals surface area contributed by atoms with Gasteiger partial charge in [-0.05, 0) is 25.5 Å². The number of carbonyl (C=O) groups excluding carboxylic acids is 1. The molecule has 0 radical (unpaired) electrons. The van der Waals surface area contributed by atoms with E-state index in [2.05, 4.69) is 0 Å². The van der Waals surface area contributed by atoms with Gasteiger partial charge in [0.2, 0.25) is 0 Å². The molecule has 1 amide bonds. The molecule has 1 aromatic rings. The molecule has 4 nitrogen and oxygen atoms in total. The van der Waals surface area contributed by atoms with Crippen molar-refractivity contribution in [2.24, 2.45) is 0 Å². The molecule has 0 aliphatic carbocycles. The summed E-state index contributed by atoms with van der Waals surface area (Å²) in [6, 6.07) is 1.89. The molecule has 1 aromatic heterocycles. The molecule has 0 saturated heterocycles. The summed E-state index contributed by atoms with van der Waals surface area (Å²) in [4.78, 5) is 15.4. The third-order valence-corrected chi connectivity index (χ3v) is 3.71. The number of methoxy groups -OCH3 is 1. The summed E-state index contributed by atoms with van der Waals surface area (Å²) in [5.41, 5.74) is 1.13. The van der Waals surface area contributed by atoms with E-state index >= 15 is 0 Å². The topological polar surface area (TPSA) is 49.8 Å². The Kier molecular flexibility index (Phi) is 5.11. The van der Waals surface area contributed by atoms with Crippen LogP contribution < -0.4 is 0 Å². The van der Waals surface area contributed by atoms with Crippen LogP contribution in [0.4, 0.5) is 0 Å². The zero-order chi connectivity index (χ0) is 13.0. The Morgan fingerprint density at radius 2 is 2.24 bits per heavy atom. The monoisotopic (exact) mass is 257 g/mol. The van der Waals surface area contributed by atoms with E-state index < -0.39 is 6.10 Å². The second-order valence-electron chi connectivity index (χ2n) is 4.14. The van der Waals surface area contributed by atoms with E-state index in [4.69, 9.17) is 4.74 Å². The standard InChI is InChI=1S/C12H19NO3S/c1-8-5-11(17-9(8)2)12(15)13(3)6-10(14)7-16-4/h5,10,14H,6-7H2,1-4H3. The molecule has 0 spiro atoms. The molecule has 1 unspecified atom stereocenters. The second-order valence-corrected chi connectivity index (χ2v) is 5.40. The van der Waals surface area contributed by atoms with Crippen LogP contribution in [-0.4, -0.2) is 49.3 Å². The smallest absolute Gasteiger partial charge is 0.263 e. The Morgan fingerprint density at radius 3 is 2.71 bits per heavy atom. The Balaban J connectivity index is 2.63. The maximum absolute atomic E-state index is 12.0. The van der Waals surface area contributed by atoms with E-state index in [9.17, 15) is 9.90 Å². The van der Waals surface area contributed by atoms with Crippen molar-refractivity contribution in [2.75, 3.05) is 27.3 Å². The van der Waals surface area contributed by atoms with Gasteiger partial charge in [0.15, 0.2) is 0 Å². The molecular weight excluding hydrogens is 238 g/mol. The van der Waals surface area contributed by atoms with Gasteiger partial charge in [-0.15, -0.1) is 11.3 Å². The first-order valence-electron chi connectivity index (χ1n) is 5.45. The van der Waals surface area contributed by atoms with Gasteiger partial charge in [-0.2, -0.15) is 0 Å². The molecule has 0 saturated carbocycles. The third kappa shape index (κ3) is 3.80. The number of carbonyl (C=O) groups is 1. The average Bonchev–Trinajstić information content (AvgIpc) is 2.58. The van der Waals surface area contributed by atoms with Gasteiger partial charge in [-0.25, -0.2) is 0 Å². The highest BCUT2D eigenvalue weighted by Crippen LogP contribution is 2.21. The van der Waals surface area contributed by atoms with E-state index in [0.717, 1.165) is 10.4 Å². The summed E-state index contributed by atoms with van der Waals surface area (Å²) >= 11 is 1.49. The maximum Gasteiger partial charge on any atom is 0.263 e. The Bertz CT molecular complexity index is 370. The van der Waals surface area contributed by atoms with Gasteiger partial charge in [-0.1, -0.05) is 0 Å². The minimum absolute atomic E-state index is 0.0543. The van der Waals surface area contributed by atoms with Crippen molar-refractivity contribution >= 4 is 17.2 Å². The molecule has 1 rings (SSSR count). The lowest BCUT2D eigenvalue weighted by Crippen LogP contribution is -2.35. The van der Waals surface area contributed by atoms with Crippen LogP contribution in [-0.2, 0) is 4.74 Å². The Hall–Kier alpha value is -0.910. The van der Waals surface area contributed by atoms with Gasteiger partial charge in [0.05, 0.1) is 17.6 Å². The number of aliphatic hydroxyl groups is 1. The molecule has 0 fully saturated rings. The van der Waals surface area contributed by atoms with Crippen LogP contribution in [0.25, 0.3) is 0 Å². The zero-order valence-corrected chi connectivity index (χ0v) is 11.5. The molecule has 1 heterocycles. The molecular formula is C12H19NO3S. The van der Waals surface area contributed by atoms with Crippen molar-refractivity contribution < 1.29 is 14.6 Å². The van der Waals surface area contributed by atoms with Crippen molar-refractivity contribution in [3.63, 3.8) is 0 Å². The normalized spacial score (nSPS) is 12.5. The predicted molar refractivity (Wildman–Crippen MR) is 68.6 cm³/mol. The first kappa shape index (κ1) is 14.2. The first-order valence-corrected chi connectivity index (χ1v) is 6.26. The number of hydrogen-bond acceptors (Lipinski definition) is 4. The Labute approximate surface area is 106 Å². The van der Waals surface area contributed by atoms with Crippen LogP contribution in [0, 0.1) is 13.8 Å². The number of aliphatic hydroxyl groups excluding tert-OH is 1.